The van der Waals surface area contributed by atoms with E-state index >= 15 is 0 Å². The summed E-state index contributed by atoms with van der Waals surface area (Å²) in [5, 5.41) is 8.73. The summed E-state index contributed by atoms with van der Waals surface area (Å²) in [6, 6.07) is 4.09. The molecule has 0 aliphatic carbocycles. The van der Waals surface area contributed by atoms with Crippen molar-refractivity contribution >= 4 is 23.4 Å². The number of hydrogen-bond acceptors (Lipinski definition) is 3. The molecule has 1 N–H and O–H groups in total. The molecule has 0 amide bonds. The zero-order chi connectivity index (χ0) is 13.0. The number of halogens is 1. The van der Waals surface area contributed by atoms with Gasteiger partial charge < -0.3 is 9.84 Å². The molecule has 0 saturated carbocycles. The molecule has 4 nitrogen and oxygen atoms in total. The Kier molecular flexibility index (Phi) is 4.29. The van der Waals surface area contributed by atoms with Gasteiger partial charge in [-0.15, -0.1) is 0 Å². The lowest BCUT2D eigenvalue weighted by Crippen LogP contribution is -2.12. The highest BCUT2D eigenvalue weighted by Crippen LogP contribution is 2.26. The molecule has 1 rings (SSSR count). The van der Waals surface area contributed by atoms with Gasteiger partial charge in [-0.25, -0.2) is 4.79 Å². The van der Waals surface area contributed by atoms with E-state index in [1.807, 2.05) is 0 Å². The van der Waals surface area contributed by atoms with Crippen molar-refractivity contribution in [3.63, 3.8) is 0 Å². The lowest BCUT2D eigenvalue weighted by atomic mass is 10.1. The molecule has 5 heteroatoms. The summed E-state index contributed by atoms with van der Waals surface area (Å²) in [4.78, 5) is 21.6. The number of ether oxygens (including phenoxy) is 1. The van der Waals surface area contributed by atoms with E-state index in [2.05, 4.69) is 6.58 Å². The number of carboxylic acids is 1. The number of aliphatic carboxylic acids is 1. The second-order valence-corrected chi connectivity index (χ2v) is 3.93. The Bertz CT molecular complexity index is 479. The minimum absolute atomic E-state index is 0.0187. The quantitative estimate of drug-likeness (QED) is 0.498. The fourth-order valence-corrected chi connectivity index (χ4v) is 1.32. The molecule has 0 saturated heterocycles. The van der Waals surface area contributed by atoms with Crippen molar-refractivity contribution in [1.82, 2.24) is 0 Å². The Labute approximate surface area is 103 Å². The number of hydrogen-bond donors (Lipinski definition) is 1. The third-order valence-corrected chi connectivity index (χ3v) is 2.16. The zero-order valence-electron chi connectivity index (χ0n) is 9.20. The smallest absolute Gasteiger partial charge is 0.377 e. The third-order valence-electron chi connectivity index (χ3n) is 1.86. The molecule has 0 atom stereocenters. The van der Waals surface area contributed by atoms with Crippen LogP contribution in [-0.2, 0) is 4.79 Å². The van der Waals surface area contributed by atoms with Crippen LogP contribution in [0.25, 0.3) is 0 Å². The number of Topliss-reactive ketones (excluding diaryl/α,β-unsaturated/α-hetero) is 1. The normalized spacial score (nSPS) is 9.76. The molecule has 0 aromatic heterocycles. The van der Waals surface area contributed by atoms with Crippen molar-refractivity contribution in [3.8, 4) is 5.75 Å². The number of benzene rings is 1. The molecule has 90 valence electrons. The molecule has 0 aliphatic rings. The van der Waals surface area contributed by atoms with E-state index in [1.54, 1.807) is 6.92 Å². The van der Waals surface area contributed by atoms with Gasteiger partial charge in [0.05, 0.1) is 5.02 Å². The topological polar surface area (TPSA) is 63.6 Å². The Morgan fingerprint density at radius 2 is 2.12 bits per heavy atom. The maximum absolute atomic E-state index is 11.2. The molecule has 0 bridgehead atoms. The highest BCUT2D eigenvalue weighted by atomic mass is 35.5. The summed E-state index contributed by atoms with van der Waals surface area (Å²) in [5.41, 5.74) is 0.844. The van der Waals surface area contributed by atoms with Crippen LogP contribution in [-0.4, -0.2) is 23.5 Å². The lowest BCUT2D eigenvalue weighted by molar-refractivity contribution is -0.131. The minimum atomic E-state index is -1.52. The molecule has 0 aliphatic heterocycles. The van der Waals surface area contributed by atoms with Gasteiger partial charge in [0, 0.05) is 5.56 Å². The van der Waals surface area contributed by atoms with Crippen LogP contribution in [0.15, 0.2) is 30.4 Å². The molecular weight excluding hydrogens is 244 g/mol. The molecule has 0 fully saturated rings. The molecule has 0 unspecified atom stereocenters. The van der Waals surface area contributed by atoms with Gasteiger partial charge in [0.15, 0.2) is 0 Å². The monoisotopic (exact) mass is 254 g/mol. The molecule has 0 spiro atoms. The molecule has 1 aromatic rings. The van der Waals surface area contributed by atoms with Crippen LogP contribution in [0.2, 0.25) is 5.02 Å². The fourth-order valence-electron chi connectivity index (χ4n) is 1.08. The Morgan fingerprint density at radius 1 is 1.47 bits per heavy atom. The van der Waals surface area contributed by atoms with Gasteiger partial charge in [-0.1, -0.05) is 18.2 Å². The van der Waals surface area contributed by atoms with Gasteiger partial charge in [-0.2, -0.15) is 0 Å². The van der Waals surface area contributed by atoms with E-state index in [9.17, 15) is 9.59 Å². The first kappa shape index (κ1) is 13.3. The standard InChI is InChI=1S/C12H11ClO4/c1-7(2)6-17-10-4-3-8(5-9(10)13)11(14)12(15)16/h3-5H,1,6H2,2H3,(H,15,16). The van der Waals surface area contributed by atoms with Gasteiger partial charge in [-0.3, -0.25) is 4.79 Å². The fraction of sp³-hybridized carbons (Fsp3) is 0.167. The number of rotatable bonds is 5. The van der Waals surface area contributed by atoms with Crippen LogP contribution in [0.5, 0.6) is 5.75 Å². The van der Waals surface area contributed by atoms with E-state index in [1.165, 1.54) is 18.2 Å². The van der Waals surface area contributed by atoms with E-state index in [-0.39, 0.29) is 10.6 Å². The Morgan fingerprint density at radius 3 is 2.59 bits per heavy atom. The highest BCUT2D eigenvalue weighted by molar-refractivity contribution is 6.40. The van der Waals surface area contributed by atoms with Crippen molar-refractivity contribution in [2.24, 2.45) is 0 Å². The third kappa shape index (κ3) is 3.60. The first-order valence-corrected chi connectivity index (χ1v) is 5.14. The first-order valence-electron chi connectivity index (χ1n) is 4.76. The summed E-state index contributed by atoms with van der Waals surface area (Å²) in [7, 11) is 0. The van der Waals surface area contributed by atoms with Crippen LogP contribution >= 0.6 is 11.6 Å². The van der Waals surface area contributed by atoms with E-state index in [0.29, 0.717) is 12.4 Å². The Balaban J connectivity index is 2.90. The molecule has 17 heavy (non-hydrogen) atoms. The van der Waals surface area contributed by atoms with Gasteiger partial charge in [0.2, 0.25) is 0 Å². The van der Waals surface area contributed by atoms with E-state index in [0.717, 1.165) is 5.57 Å². The summed E-state index contributed by atoms with van der Waals surface area (Å²) in [5.74, 6) is -2.13. The maximum atomic E-state index is 11.2. The van der Waals surface area contributed by atoms with Crippen molar-refractivity contribution < 1.29 is 19.4 Å². The molecule has 1 aromatic carbocycles. The van der Waals surface area contributed by atoms with Gasteiger partial charge in [0.1, 0.15) is 12.4 Å². The van der Waals surface area contributed by atoms with Gasteiger partial charge >= 0.3 is 5.97 Å². The highest BCUT2D eigenvalue weighted by Gasteiger charge is 2.16. The molecular formula is C12H11ClO4. The summed E-state index contributed by atoms with van der Waals surface area (Å²) < 4.78 is 5.30. The van der Waals surface area contributed by atoms with Crippen molar-refractivity contribution in [1.29, 1.82) is 0 Å². The summed E-state index contributed by atoms with van der Waals surface area (Å²) in [6.45, 7) is 5.78. The Hall–Kier alpha value is -1.81. The molecule has 0 heterocycles. The average Bonchev–Trinajstić information content (AvgIpc) is 2.26. The summed E-state index contributed by atoms with van der Waals surface area (Å²) >= 11 is 5.86. The predicted molar refractivity (Wildman–Crippen MR) is 63.7 cm³/mol. The number of carbonyl (C=O) groups excluding carboxylic acids is 1. The SMILES string of the molecule is C=C(C)COc1ccc(C(=O)C(=O)O)cc1Cl. The average molecular weight is 255 g/mol. The number of carboxylic acid groups (broad SMARTS) is 1. The van der Waals surface area contributed by atoms with Crippen LogP contribution < -0.4 is 4.74 Å². The van der Waals surface area contributed by atoms with E-state index in [4.69, 9.17) is 21.4 Å². The van der Waals surface area contributed by atoms with Crippen molar-refractivity contribution in [3.05, 3.63) is 40.9 Å². The zero-order valence-corrected chi connectivity index (χ0v) is 9.95. The second-order valence-electron chi connectivity index (χ2n) is 3.53. The minimum Gasteiger partial charge on any atom is -0.488 e. The maximum Gasteiger partial charge on any atom is 0.377 e. The predicted octanol–water partition coefficient (Wildman–Crippen LogP) is 2.56. The second kappa shape index (κ2) is 5.50. The van der Waals surface area contributed by atoms with Gasteiger partial charge in [0.25, 0.3) is 5.78 Å². The van der Waals surface area contributed by atoms with Crippen LogP contribution in [0.1, 0.15) is 17.3 Å². The van der Waals surface area contributed by atoms with Crippen LogP contribution in [0.4, 0.5) is 0 Å². The van der Waals surface area contributed by atoms with Gasteiger partial charge in [-0.05, 0) is 30.7 Å². The van der Waals surface area contributed by atoms with E-state index < -0.39 is 11.8 Å². The largest absolute Gasteiger partial charge is 0.488 e. The lowest BCUT2D eigenvalue weighted by Gasteiger charge is -2.08. The first-order chi connectivity index (χ1) is 7.91. The molecule has 0 radical (unpaired) electrons. The van der Waals surface area contributed by atoms with Crippen LogP contribution in [0, 0.1) is 0 Å². The number of carbonyl (C=O) groups is 2. The summed E-state index contributed by atoms with van der Waals surface area (Å²) in [6.07, 6.45) is 0. The van der Waals surface area contributed by atoms with Crippen LogP contribution in [0.3, 0.4) is 0 Å². The number of ketones is 1. The van der Waals surface area contributed by atoms with Crippen molar-refractivity contribution in [2.75, 3.05) is 6.61 Å². The van der Waals surface area contributed by atoms with Crippen molar-refractivity contribution in [2.45, 2.75) is 6.92 Å².